The fraction of sp³-hybridized carbons (Fsp3) is 0.214. The van der Waals surface area contributed by atoms with Gasteiger partial charge in [-0.1, -0.05) is 12.1 Å². The molecular weight excluding hydrogens is 260 g/mol. The molecule has 0 fully saturated rings. The van der Waals surface area contributed by atoms with E-state index in [9.17, 15) is 4.79 Å². The first-order valence-corrected chi connectivity index (χ1v) is 6.87. The number of benzene rings is 1. The van der Waals surface area contributed by atoms with Crippen molar-refractivity contribution in [3.8, 4) is 0 Å². The van der Waals surface area contributed by atoms with Crippen molar-refractivity contribution < 1.29 is 9.90 Å². The van der Waals surface area contributed by atoms with Gasteiger partial charge in [-0.3, -0.25) is 4.79 Å². The lowest BCUT2D eigenvalue weighted by Gasteiger charge is -2.14. The summed E-state index contributed by atoms with van der Waals surface area (Å²) in [6.07, 6.45) is 0. The summed E-state index contributed by atoms with van der Waals surface area (Å²) in [7, 11) is 0. The summed E-state index contributed by atoms with van der Waals surface area (Å²) < 4.78 is 0. The largest absolute Gasteiger partial charge is 0.387 e. The summed E-state index contributed by atoms with van der Waals surface area (Å²) in [5, 5.41) is 16.7. The van der Waals surface area contributed by atoms with Crippen LogP contribution in [0.3, 0.4) is 0 Å². The molecule has 1 aromatic heterocycles. The van der Waals surface area contributed by atoms with Crippen LogP contribution in [0, 0.1) is 0 Å². The van der Waals surface area contributed by atoms with Crippen LogP contribution in [0.25, 0.3) is 0 Å². The number of carbonyl (C=O) groups excluding carboxylic acids is 1. The van der Waals surface area contributed by atoms with Crippen molar-refractivity contribution in [1.29, 1.82) is 0 Å². The van der Waals surface area contributed by atoms with Gasteiger partial charge in [0.05, 0.1) is 6.04 Å². The Balaban J connectivity index is 2.04. The summed E-state index contributed by atoms with van der Waals surface area (Å²) in [6, 6.07) is 11.8. The molecule has 5 heteroatoms. The van der Waals surface area contributed by atoms with Gasteiger partial charge in [0.15, 0.2) is 0 Å². The Morgan fingerprint density at radius 1 is 1.32 bits per heavy atom. The minimum atomic E-state index is -0.511. The molecule has 3 N–H and O–H groups in total. The number of carbonyl (C=O) groups is 1. The number of thiophene rings is 1. The van der Waals surface area contributed by atoms with Gasteiger partial charge in [0.25, 0.3) is 0 Å². The van der Waals surface area contributed by atoms with E-state index in [1.165, 1.54) is 4.88 Å². The summed E-state index contributed by atoms with van der Waals surface area (Å²) >= 11 is 1.70. The first-order valence-electron chi connectivity index (χ1n) is 6.00. The van der Waals surface area contributed by atoms with Crippen LogP contribution in [0.4, 0.5) is 11.4 Å². The van der Waals surface area contributed by atoms with Crippen LogP contribution in [-0.2, 0) is 4.79 Å². The number of aliphatic hydroxyl groups is 1. The average Bonchev–Trinajstić information content (AvgIpc) is 2.93. The molecule has 1 heterocycles. The molecule has 100 valence electrons. The highest BCUT2D eigenvalue weighted by molar-refractivity contribution is 7.10. The van der Waals surface area contributed by atoms with E-state index < -0.39 is 12.5 Å². The molecular formula is C14H16N2O2S. The van der Waals surface area contributed by atoms with Crippen LogP contribution >= 0.6 is 11.3 Å². The van der Waals surface area contributed by atoms with E-state index in [4.69, 9.17) is 5.11 Å². The zero-order valence-corrected chi connectivity index (χ0v) is 11.4. The van der Waals surface area contributed by atoms with Crippen LogP contribution in [-0.4, -0.2) is 17.6 Å². The maximum atomic E-state index is 11.1. The van der Waals surface area contributed by atoms with Crippen LogP contribution in [0.1, 0.15) is 17.8 Å². The number of rotatable bonds is 5. The first kappa shape index (κ1) is 13.6. The third kappa shape index (κ3) is 3.81. The van der Waals surface area contributed by atoms with Gasteiger partial charge in [0.1, 0.15) is 6.61 Å². The second-order valence-corrected chi connectivity index (χ2v) is 5.15. The molecule has 4 nitrogen and oxygen atoms in total. The molecule has 0 radical (unpaired) electrons. The summed E-state index contributed by atoms with van der Waals surface area (Å²) in [6.45, 7) is 1.58. The van der Waals surface area contributed by atoms with Crippen molar-refractivity contribution >= 4 is 28.6 Å². The maximum absolute atomic E-state index is 11.1. The van der Waals surface area contributed by atoms with E-state index in [2.05, 4.69) is 23.6 Å². The zero-order valence-electron chi connectivity index (χ0n) is 10.6. The normalized spacial score (nSPS) is 11.9. The Labute approximate surface area is 116 Å². The fourth-order valence-electron chi connectivity index (χ4n) is 1.75. The molecule has 1 atom stereocenters. The van der Waals surface area contributed by atoms with Crippen LogP contribution < -0.4 is 10.6 Å². The lowest BCUT2D eigenvalue weighted by atomic mass is 10.2. The highest BCUT2D eigenvalue weighted by Gasteiger charge is 2.07. The predicted molar refractivity (Wildman–Crippen MR) is 78.5 cm³/mol. The molecule has 2 aromatic rings. The quantitative estimate of drug-likeness (QED) is 0.787. The monoisotopic (exact) mass is 276 g/mol. The van der Waals surface area contributed by atoms with Gasteiger partial charge in [-0.2, -0.15) is 0 Å². The Kier molecular flexibility index (Phi) is 4.54. The number of aliphatic hydroxyl groups excluding tert-OH is 1. The van der Waals surface area contributed by atoms with Gasteiger partial charge < -0.3 is 15.7 Å². The second-order valence-electron chi connectivity index (χ2n) is 4.17. The molecule has 1 unspecified atom stereocenters. The molecule has 0 bridgehead atoms. The van der Waals surface area contributed by atoms with Crippen LogP contribution in [0.5, 0.6) is 0 Å². The van der Waals surface area contributed by atoms with Gasteiger partial charge in [0.2, 0.25) is 5.91 Å². The third-order valence-electron chi connectivity index (χ3n) is 2.64. The van der Waals surface area contributed by atoms with E-state index >= 15 is 0 Å². The maximum Gasteiger partial charge on any atom is 0.250 e. The lowest BCUT2D eigenvalue weighted by molar-refractivity contribution is -0.118. The van der Waals surface area contributed by atoms with Gasteiger partial charge in [0, 0.05) is 16.3 Å². The topological polar surface area (TPSA) is 61.4 Å². The standard InChI is InChI=1S/C14H16N2O2S/c1-10(13-6-3-7-19-13)15-11-4-2-5-12(8-11)16-14(18)9-17/h2-8,10,15,17H,9H2,1H3,(H,16,18). The van der Waals surface area contributed by atoms with Crippen LogP contribution in [0.15, 0.2) is 41.8 Å². The first-order chi connectivity index (χ1) is 9.19. The van der Waals surface area contributed by atoms with Crippen molar-refractivity contribution in [3.05, 3.63) is 46.7 Å². The Bertz CT molecular complexity index is 540. The third-order valence-corrected chi connectivity index (χ3v) is 3.70. The Hall–Kier alpha value is -1.85. The average molecular weight is 276 g/mol. The molecule has 0 spiro atoms. The molecule has 0 saturated heterocycles. The SMILES string of the molecule is CC(Nc1cccc(NC(=O)CO)c1)c1cccs1. The second kappa shape index (κ2) is 6.36. The van der Waals surface area contributed by atoms with Gasteiger partial charge in [-0.15, -0.1) is 11.3 Å². The Morgan fingerprint density at radius 3 is 2.79 bits per heavy atom. The number of nitrogens with one attached hydrogen (secondary N) is 2. The van der Waals surface area contributed by atoms with Crippen molar-refractivity contribution in [1.82, 2.24) is 0 Å². The highest BCUT2D eigenvalue weighted by Crippen LogP contribution is 2.24. The summed E-state index contributed by atoms with van der Waals surface area (Å²) in [5.74, 6) is -0.413. The highest BCUT2D eigenvalue weighted by atomic mass is 32.1. The molecule has 1 amide bonds. The molecule has 0 saturated carbocycles. The molecule has 0 aliphatic heterocycles. The molecule has 19 heavy (non-hydrogen) atoms. The van der Waals surface area contributed by atoms with E-state index in [0.717, 1.165) is 5.69 Å². The number of hydrogen-bond acceptors (Lipinski definition) is 4. The fourth-order valence-corrected chi connectivity index (χ4v) is 2.48. The Morgan fingerprint density at radius 2 is 2.11 bits per heavy atom. The van der Waals surface area contributed by atoms with Gasteiger partial charge >= 0.3 is 0 Å². The van der Waals surface area contributed by atoms with Gasteiger partial charge in [-0.25, -0.2) is 0 Å². The molecule has 1 aromatic carbocycles. The van der Waals surface area contributed by atoms with Crippen molar-refractivity contribution in [3.63, 3.8) is 0 Å². The molecule has 0 aliphatic rings. The smallest absolute Gasteiger partial charge is 0.250 e. The predicted octanol–water partition coefficient (Wildman–Crippen LogP) is 2.85. The minimum absolute atomic E-state index is 0.212. The number of anilines is 2. The van der Waals surface area contributed by atoms with Gasteiger partial charge in [-0.05, 0) is 36.6 Å². The number of hydrogen-bond donors (Lipinski definition) is 3. The zero-order chi connectivity index (χ0) is 13.7. The van der Waals surface area contributed by atoms with Crippen LogP contribution in [0.2, 0.25) is 0 Å². The summed E-state index contributed by atoms with van der Waals surface area (Å²) in [4.78, 5) is 12.4. The van der Waals surface area contributed by atoms with Crippen molar-refractivity contribution in [2.75, 3.05) is 17.2 Å². The van der Waals surface area contributed by atoms with Crippen molar-refractivity contribution in [2.45, 2.75) is 13.0 Å². The van der Waals surface area contributed by atoms with E-state index in [0.29, 0.717) is 5.69 Å². The van der Waals surface area contributed by atoms with E-state index in [1.807, 2.05) is 29.6 Å². The van der Waals surface area contributed by atoms with E-state index in [1.54, 1.807) is 17.4 Å². The number of amides is 1. The lowest BCUT2D eigenvalue weighted by Crippen LogP contribution is -2.15. The minimum Gasteiger partial charge on any atom is -0.387 e. The summed E-state index contributed by atoms with van der Waals surface area (Å²) in [5.41, 5.74) is 1.60. The molecule has 0 aliphatic carbocycles. The van der Waals surface area contributed by atoms with E-state index in [-0.39, 0.29) is 6.04 Å². The molecule has 2 rings (SSSR count). The van der Waals surface area contributed by atoms with Crippen molar-refractivity contribution in [2.24, 2.45) is 0 Å².